The minimum Gasteiger partial charge on any atom is -0.394 e. The van der Waals surface area contributed by atoms with Crippen LogP contribution in [0, 0.1) is 10.1 Å². The first-order chi connectivity index (χ1) is 9.61. The first-order valence-electron chi connectivity index (χ1n) is 5.91. The van der Waals surface area contributed by atoms with Gasteiger partial charge in [-0.15, -0.1) is 0 Å². The summed E-state index contributed by atoms with van der Waals surface area (Å²) in [6.45, 7) is -0.265. The number of rotatable bonds is 5. The summed E-state index contributed by atoms with van der Waals surface area (Å²) < 4.78 is 0. The van der Waals surface area contributed by atoms with E-state index in [-0.39, 0.29) is 18.0 Å². The van der Waals surface area contributed by atoms with Crippen molar-refractivity contribution in [1.29, 1.82) is 0 Å². The van der Waals surface area contributed by atoms with E-state index in [1.165, 1.54) is 0 Å². The van der Waals surface area contributed by atoms with Gasteiger partial charge in [-0.1, -0.05) is 30.3 Å². The number of nitrogens with one attached hydrogen (secondary N) is 2. The highest BCUT2D eigenvalue weighted by Gasteiger charge is 2.18. The summed E-state index contributed by atoms with van der Waals surface area (Å²) in [5.41, 5.74) is 0.644. The fourth-order valence-corrected chi connectivity index (χ4v) is 1.78. The number of H-pyrrole nitrogens is 1. The minimum absolute atomic E-state index is 0.0751. The second-order valence-corrected chi connectivity index (χ2v) is 4.15. The largest absolute Gasteiger partial charge is 0.394 e. The minimum atomic E-state index is -0.589. The SMILES string of the molecule is O=C(NC(CO)c1ccccc1)c1cc([N+](=O)[O-])c[nH]1. The van der Waals surface area contributed by atoms with Crippen LogP contribution in [0.15, 0.2) is 42.6 Å². The van der Waals surface area contributed by atoms with Crippen molar-refractivity contribution in [2.24, 2.45) is 0 Å². The number of aliphatic hydroxyl groups is 1. The molecule has 2 aromatic rings. The zero-order valence-corrected chi connectivity index (χ0v) is 10.4. The Kier molecular flexibility index (Phi) is 4.11. The molecule has 1 amide bonds. The molecule has 0 bridgehead atoms. The van der Waals surface area contributed by atoms with Gasteiger partial charge in [-0.25, -0.2) is 0 Å². The summed E-state index contributed by atoms with van der Waals surface area (Å²) in [5.74, 6) is -0.513. The summed E-state index contributed by atoms with van der Waals surface area (Å²) in [6, 6.07) is 9.55. The number of nitro groups is 1. The van der Waals surface area contributed by atoms with Crippen LogP contribution in [0.5, 0.6) is 0 Å². The molecule has 0 radical (unpaired) electrons. The van der Waals surface area contributed by atoms with Crippen molar-refractivity contribution >= 4 is 11.6 Å². The average Bonchev–Trinajstić information content (AvgIpc) is 2.95. The third-order valence-corrected chi connectivity index (χ3v) is 2.81. The summed E-state index contributed by atoms with van der Waals surface area (Å²) in [7, 11) is 0. The summed E-state index contributed by atoms with van der Waals surface area (Å²) in [4.78, 5) is 24.4. The molecule has 20 heavy (non-hydrogen) atoms. The molecule has 2 rings (SSSR count). The molecule has 0 aliphatic heterocycles. The van der Waals surface area contributed by atoms with E-state index in [2.05, 4.69) is 10.3 Å². The predicted octanol–water partition coefficient (Wildman–Crippen LogP) is 1.39. The number of nitrogens with zero attached hydrogens (tertiary/aromatic N) is 1. The molecule has 7 nitrogen and oxygen atoms in total. The number of benzene rings is 1. The molecule has 7 heteroatoms. The first-order valence-corrected chi connectivity index (χ1v) is 5.91. The Bertz CT molecular complexity index is 609. The van der Waals surface area contributed by atoms with Crippen LogP contribution < -0.4 is 5.32 Å². The van der Waals surface area contributed by atoms with Crippen LogP contribution >= 0.6 is 0 Å². The molecule has 0 fully saturated rings. The monoisotopic (exact) mass is 275 g/mol. The zero-order valence-electron chi connectivity index (χ0n) is 10.4. The normalized spacial score (nSPS) is 11.8. The Balaban J connectivity index is 2.11. The van der Waals surface area contributed by atoms with Crippen molar-refractivity contribution < 1.29 is 14.8 Å². The van der Waals surface area contributed by atoms with Gasteiger partial charge in [0.05, 0.1) is 23.8 Å². The highest BCUT2D eigenvalue weighted by Crippen LogP contribution is 2.15. The third-order valence-electron chi connectivity index (χ3n) is 2.81. The fourth-order valence-electron chi connectivity index (χ4n) is 1.78. The number of hydrogen-bond donors (Lipinski definition) is 3. The van der Waals surface area contributed by atoms with E-state index in [4.69, 9.17) is 0 Å². The number of aromatic amines is 1. The Labute approximate surface area is 114 Å². The van der Waals surface area contributed by atoms with Crippen LogP contribution in [-0.2, 0) is 0 Å². The van der Waals surface area contributed by atoms with Crippen LogP contribution in [0.2, 0.25) is 0 Å². The van der Waals surface area contributed by atoms with Crippen LogP contribution in [0.25, 0.3) is 0 Å². The zero-order chi connectivity index (χ0) is 14.5. The number of carbonyl (C=O) groups excluding carboxylic acids is 1. The van der Waals surface area contributed by atoms with Crippen molar-refractivity contribution in [1.82, 2.24) is 10.3 Å². The molecule has 1 aromatic carbocycles. The molecule has 0 aliphatic rings. The van der Waals surface area contributed by atoms with Crippen molar-refractivity contribution in [2.75, 3.05) is 6.61 Å². The first kappa shape index (κ1) is 13.8. The summed E-state index contributed by atoms with van der Waals surface area (Å²) >= 11 is 0. The topological polar surface area (TPSA) is 108 Å². The van der Waals surface area contributed by atoms with Gasteiger partial charge in [0.2, 0.25) is 0 Å². The van der Waals surface area contributed by atoms with Gasteiger partial charge in [0.25, 0.3) is 11.6 Å². The molecule has 104 valence electrons. The molecule has 0 saturated heterocycles. The lowest BCUT2D eigenvalue weighted by atomic mass is 10.1. The van der Waals surface area contributed by atoms with E-state index in [0.717, 1.165) is 17.8 Å². The van der Waals surface area contributed by atoms with Gasteiger partial charge in [0, 0.05) is 6.07 Å². The van der Waals surface area contributed by atoms with Crippen LogP contribution in [-0.4, -0.2) is 27.5 Å². The standard InChI is InChI=1S/C13H13N3O4/c17-8-12(9-4-2-1-3-5-9)15-13(18)11-6-10(7-14-11)16(19)20/h1-7,12,14,17H,8H2,(H,15,18). The highest BCUT2D eigenvalue weighted by molar-refractivity contribution is 5.93. The maximum Gasteiger partial charge on any atom is 0.287 e. The number of aliphatic hydroxyl groups excluding tert-OH is 1. The number of amides is 1. The van der Waals surface area contributed by atoms with E-state index >= 15 is 0 Å². The van der Waals surface area contributed by atoms with E-state index in [1.54, 1.807) is 24.3 Å². The van der Waals surface area contributed by atoms with Crippen molar-refractivity contribution in [3.63, 3.8) is 0 Å². The van der Waals surface area contributed by atoms with Gasteiger partial charge in [0.15, 0.2) is 0 Å². The van der Waals surface area contributed by atoms with Crippen molar-refractivity contribution in [3.05, 3.63) is 64.0 Å². The van der Waals surface area contributed by atoms with Gasteiger partial charge in [-0.3, -0.25) is 14.9 Å². The second kappa shape index (κ2) is 5.98. The molecule has 1 atom stereocenters. The maximum absolute atomic E-state index is 11.9. The highest BCUT2D eigenvalue weighted by atomic mass is 16.6. The lowest BCUT2D eigenvalue weighted by molar-refractivity contribution is -0.384. The molecule has 1 aromatic heterocycles. The lowest BCUT2D eigenvalue weighted by Gasteiger charge is -2.16. The van der Waals surface area contributed by atoms with E-state index in [9.17, 15) is 20.0 Å². The van der Waals surface area contributed by atoms with E-state index in [1.807, 2.05) is 6.07 Å². The Hall–Kier alpha value is -2.67. The molecule has 0 spiro atoms. The van der Waals surface area contributed by atoms with E-state index < -0.39 is 16.9 Å². The molecule has 1 heterocycles. The number of hydrogen-bond acceptors (Lipinski definition) is 4. The van der Waals surface area contributed by atoms with Crippen LogP contribution in [0.4, 0.5) is 5.69 Å². The van der Waals surface area contributed by atoms with E-state index in [0.29, 0.717) is 0 Å². The third kappa shape index (κ3) is 3.01. The quantitative estimate of drug-likeness (QED) is 0.566. The lowest BCUT2D eigenvalue weighted by Crippen LogP contribution is -2.30. The van der Waals surface area contributed by atoms with Gasteiger partial charge in [-0.05, 0) is 5.56 Å². The smallest absolute Gasteiger partial charge is 0.287 e. The van der Waals surface area contributed by atoms with Gasteiger partial charge >= 0.3 is 0 Å². The Morgan fingerprint density at radius 3 is 2.65 bits per heavy atom. The second-order valence-electron chi connectivity index (χ2n) is 4.15. The molecule has 0 aliphatic carbocycles. The number of carbonyl (C=O) groups is 1. The van der Waals surface area contributed by atoms with Gasteiger partial charge < -0.3 is 15.4 Å². The van der Waals surface area contributed by atoms with Crippen LogP contribution in [0.3, 0.4) is 0 Å². The van der Waals surface area contributed by atoms with Gasteiger partial charge in [-0.2, -0.15) is 0 Å². The average molecular weight is 275 g/mol. The molecule has 0 saturated carbocycles. The summed E-state index contributed by atoms with van der Waals surface area (Å²) in [5, 5.41) is 22.5. The molecular formula is C13H13N3O4. The Morgan fingerprint density at radius 1 is 1.40 bits per heavy atom. The fraction of sp³-hybridized carbons (Fsp3) is 0.154. The molecule has 3 N–H and O–H groups in total. The van der Waals surface area contributed by atoms with Gasteiger partial charge in [0.1, 0.15) is 5.69 Å². The summed E-state index contributed by atoms with van der Waals surface area (Å²) in [6.07, 6.45) is 1.14. The van der Waals surface area contributed by atoms with Crippen LogP contribution in [0.1, 0.15) is 22.1 Å². The maximum atomic E-state index is 11.9. The number of aromatic nitrogens is 1. The van der Waals surface area contributed by atoms with Crippen molar-refractivity contribution in [2.45, 2.75) is 6.04 Å². The molecular weight excluding hydrogens is 262 g/mol. The predicted molar refractivity (Wildman–Crippen MR) is 71.2 cm³/mol. The molecule has 1 unspecified atom stereocenters. The Morgan fingerprint density at radius 2 is 2.10 bits per heavy atom. The van der Waals surface area contributed by atoms with Crippen molar-refractivity contribution in [3.8, 4) is 0 Å².